The zero-order valence-corrected chi connectivity index (χ0v) is 12.5. The van der Waals surface area contributed by atoms with Crippen molar-refractivity contribution < 1.29 is 9.50 Å². The largest absolute Gasteiger partial charge is 0.393 e. The molecule has 4 heteroatoms. The van der Waals surface area contributed by atoms with Crippen LogP contribution in [0, 0.1) is 12.7 Å². The number of benzene rings is 1. The molecule has 0 bridgehead atoms. The Morgan fingerprint density at radius 2 is 2.00 bits per heavy atom. The van der Waals surface area contributed by atoms with E-state index in [-0.39, 0.29) is 18.0 Å². The Labute approximate surface area is 115 Å². The third-order valence-corrected chi connectivity index (χ3v) is 3.50. The molecular weight excluding hydrogens is 243 g/mol. The van der Waals surface area contributed by atoms with E-state index in [1.807, 2.05) is 27.1 Å². The first-order valence-electron chi connectivity index (χ1n) is 6.73. The maximum absolute atomic E-state index is 13.7. The quantitative estimate of drug-likeness (QED) is 0.832. The monoisotopic (exact) mass is 268 g/mol. The van der Waals surface area contributed by atoms with Crippen LogP contribution in [0.3, 0.4) is 0 Å². The molecule has 108 valence electrons. The lowest BCUT2D eigenvalue weighted by atomic mass is 10.0. The zero-order chi connectivity index (χ0) is 14.6. The number of rotatable bonds is 6. The molecule has 2 unspecified atom stereocenters. The molecule has 1 aromatic carbocycles. The van der Waals surface area contributed by atoms with Crippen molar-refractivity contribution in [3.8, 4) is 0 Å². The van der Waals surface area contributed by atoms with Crippen LogP contribution in [0.5, 0.6) is 0 Å². The second-order valence-electron chi connectivity index (χ2n) is 5.23. The molecule has 0 aliphatic heterocycles. The van der Waals surface area contributed by atoms with E-state index < -0.39 is 0 Å². The van der Waals surface area contributed by atoms with Crippen molar-refractivity contribution >= 4 is 5.69 Å². The minimum absolute atomic E-state index is 0.0825. The van der Waals surface area contributed by atoms with Gasteiger partial charge in [0.25, 0.3) is 0 Å². The van der Waals surface area contributed by atoms with Gasteiger partial charge in [-0.05, 0) is 57.5 Å². The Balaban J connectivity index is 3.06. The highest BCUT2D eigenvalue weighted by molar-refractivity contribution is 5.56. The molecule has 0 aliphatic rings. The molecule has 0 amide bonds. The predicted molar refractivity (Wildman–Crippen MR) is 78.2 cm³/mol. The molecular formula is C15H25FN2O. The first-order chi connectivity index (χ1) is 8.86. The van der Waals surface area contributed by atoms with Crippen LogP contribution in [0.15, 0.2) is 12.1 Å². The first-order valence-corrected chi connectivity index (χ1v) is 6.73. The van der Waals surface area contributed by atoms with Crippen LogP contribution in [0.25, 0.3) is 0 Å². The standard InChI is InChI=1S/C15H25FN2O/c1-10-8-15(18(5)7-6-11(2)19)13(9-14(10)16)12(3)17-4/h8-9,11-12,17,19H,6-7H2,1-5H3. The number of hydrogen-bond donors (Lipinski definition) is 2. The van der Waals surface area contributed by atoms with Crippen molar-refractivity contribution in [1.29, 1.82) is 0 Å². The lowest BCUT2D eigenvalue weighted by Gasteiger charge is -2.26. The second kappa shape index (κ2) is 6.87. The van der Waals surface area contributed by atoms with Gasteiger partial charge in [-0.15, -0.1) is 0 Å². The Morgan fingerprint density at radius 1 is 1.37 bits per heavy atom. The lowest BCUT2D eigenvalue weighted by Crippen LogP contribution is -2.25. The molecule has 2 N–H and O–H groups in total. The fourth-order valence-corrected chi connectivity index (χ4v) is 2.02. The van der Waals surface area contributed by atoms with Gasteiger partial charge in [0.1, 0.15) is 5.82 Å². The summed E-state index contributed by atoms with van der Waals surface area (Å²) in [5, 5.41) is 12.5. The molecule has 0 aromatic heterocycles. The topological polar surface area (TPSA) is 35.5 Å². The Kier molecular flexibility index (Phi) is 5.76. The number of nitrogens with one attached hydrogen (secondary N) is 1. The second-order valence-corrected chi connectivity index (χ2v) is 5.23. The molecule has 0 aliphatic carbocycles. The number of aliphatic hydroxyl groups is 1. The zero-order valence-electron chi connectivity index (χ0n) is 12.5. The first kappa shape index (κ1) is 15.9. The van der Waals surface area contributed by atoms with Crippen LogP contribution >= 0.6 is 0 Å². The summed E-state index contributed by atoms with van der Waals surface area (Å²) in [4.78, 5) is 2.07. The van der Waals surface area contributed by atoms with Gasteiger partial charge >= 0.3 is 0 Å². The summed E-state index contributed by atoms with van der Waals surface area (Å²) in [5.74, 6) is -0.176. The molecule has 0 saturated heterocycles. The van der Waals surface area contributed by atoms with Crippen molar-refractivity contribution in [3.63, 3.8) is 0 Å². The highest BCUT2D eigenvalue weighted by Crippen LogP contribution is 2.28. The van der Waals surface area contributed by atoms with Gasteiger partial charge < -0.3 is 15.3 Å². The van der Waals surface area contributed by atoms with E-state index >= 15 is 0 Å². The number of halogens is 1. The SMILES string of the molecule is CNC(C)c1cc(F)c(C)cc1N(C)CCC(C)O. The van der Waals surface area contributed by atoms with E-state index in [1.54, 1.807) is 19.9 Å². The fraction of sp³-hybridized carbons (Fsp3) is 0.600. The van der Waals surface area contributed by atoms with Crippen LogP contribution in [-0.2, 0) is 0 Å². The highest BCUT2D eigenvalue weighted by Gasteiger charge is 2.15. The summed E-state index contributed by atoms with van der Waals surface area (Å²) in [6, 6.07) is 3.56. The molecule has 2 atom stereocenters. The molecule has 0 heterocycles. The lowest BCUT2D eigenvalue weighted by molar-refractivity contribution is 0.187. The number of hydrogen-bond acceptors (Lipinski definition) is 3. The number of anilines is 1. The normalized spacial score (nSPS) is 14.3. The van der Waals surface area contributed by atoms with Crippen LogP contribution in [-0.4, -0.2) is 31.9 Å². The summed E-state index contributed by atoms with van der Waals surface area (Å²) >= 11 is 0. The van der Waals surface area contributed by atoms with Gasteiger partial charge in [-0.25, -0.2) is 4.39 Å². The van der Waals surface area contributed by atoms with E-state index in [4.69, 9.17) is 0 Å². The maximum Gasteiger partial charge on any atom is 0.126 e. The van der Waals surface area contributed by atoms with Gasteiger partial charge in [-0.2, -0.15) is 0 Å². The molecule has 3 nitrogen and oxygen atoms in total. The van der Waals surface area contributed by atoms with Crippen LogP contribution in [0.1, 0.15) is 37.4 Å². The van der Waals surface area contributed by atoms with Crippen molar-refractivity contribution in [2.24, 2.45) is 0 Å². The molecule has 0 radical (unpaired) electrons. The van der Waals surface area contributed by atoms with Gasteiger partial charge in [0.15, 0.2) is 0 Å². The summed E-state index contributed by atoms with van der Waals surface area (Å²) in [5.41, 5.74) is 2.60. The average Bonchev–Trinajstić information content (AvgIpc) is 2.37. The van der Waals surface area contributed by atoms with Crippen molar-refractivity contribution in [2.45, 2.75) is 39.3 Å². The number of aryl methyl sites for hydroxylation is 1. The van der Waals surface area contributed by atoms with Gasteiger partial charge in [-0.3, -0.25) is 0 Å². The fourth-order valence-electron chi connectivity index (χ4n) is 2.02. The Morgan fingerprint density at radius 3 is 2.53 bits per heavy atom. The van der Waals surface area contributed by atoms with Gasteiger partial charge in [0, 0.05) is 25.3 Å². The third-order valence-electron chi connectivity index (χ3n) is 3.50. The minimum Gasteiger partial charge on any atom is -0.393 e. The smallest absolute Gasteiger partial charge is 0.126 e. The summed E-state index contributed by atoms with van der Waals surface area (Å²) < 4.78 is 13.7. The molecule has 1 rings (SSSR count). The van der Waals surface area contributed by atoms with E-state index in [1.165, 1.54) is 0 Å². The van der Waals surface area contributed by atoms with Crippen LogP contribution in [0.2, 0.25) is 0 Å². The summed E-state index contributed by atoms with van der Waals surface area (Å²) in [7, 11) is 3.84. The Bertz CT molecular complexity index is 421. The van der Waals surface area contributed by atoms with E-state index in [0.717, 1.165) is 17.8 Å². The van der Waals surface area contributed by atoms with E-state index in [0.29, 0.717) is 12.0 Å². The van der Waals surface area contributed by atoms with Crippen molar-refractivity contribution in [3.05, 3.63) is 29.1 Å². The molecule has 1 aromatic rings. The van der Waals surface area contributed by atoms with Crippen molar-refractivity contribution in [1.82, 2.24) is 5.32 Å². The van der Waals surface area contributed by atoms with Gasteiger partial charge in [-0.1, -0.05) is 0 Å². The summed E-state index contributed by atoms with van der Waals surface area (Å²) in [6.45, 7) is 6.30. The molecule has 19 heavy (non-hydrogen) atoms. The Hall–Kier alpha value is -1.13. The average molecular weight is 268 g/mol. The third kappa shape index (κ3) is 4.18. The molecule has 0 spiro atoms. The van der Waals surface area contributed by atoms with Crippen LogP contribution in [0.4, 0.5) is 10.1 Å². The number of aliphatic hydroxyl groups excluding tert-OH is 1. The highest BCUT2D eigenvalue weighted by atomic mass is 19.1. The predicted octanol–water partition coefficient (Wildman–Crippen LogP) is 2.62. The van der Waals surface area contributed by atoms with Crippen molar-refractivity contribution in [2.75, 3.05) is 25.5 Å². The summed E-state index contributed by atoms with van der Waals surface area (Å²) in [6.07, 6.45) is 0.370. The molecule has 0 fully saturated rings. The molecule has 0 saturated carbocycles. The van der Waals surface area contributed by atoms with Gasteiger partial charge in [0.2, 0.25) is 0 Å². The maximum atomic E-state index is 13.7. The van der Waals surface area contributed by atoms with Gasteiger partial charge in [0.05, 0.1) is 6.10 Å². The number of nitrogens with zero attached hydrogens (tertiary/aromatic N) is 1. The minimum atomic E-state index is -0.325. The van der Waals surface area contributed by atoms with Crippen LogP contribution < -0.4 is 10.2 Å². The van der Waals surface area contributed by atoms with E-state index in [9.17, 15) is 9.50 Å². The van der Waals surface area contributed by atoms with E-state index in [2.05, 4.69) is 10.2 Å².